The number of hydrogen-bond donors (Lipinski definition) is 6. The number of azide groups is 2. The Morgan fingerprint density at radius 1 is 0.673 bits per heavy atom. The maximum Gasteiger partial charge on any atom is 0.352 e. The van der Waals surface area contributed by atoms with Crippen molar-refractivity contribution in [3.8, 4) is 0 Å². The number of esters is 1. The molecule has 2 aromatic rings. The number of hydrogen-bond acceptors (Lipinski definition) is 13. The van der Waals surface area contributed by atoms with Crippen LogP contribution in [0.3, 0.4) is 0 Å². The van der Waals surface area contributed by atoms with Gasteiger partial charge in [-0.15, -0.1) is 0 Å². The zero-order valence-electron chi connectivity index (χ0n) is 27.0. The third-order valence-corrected chi connectivity index (χ3v) is 7.34. The summed E-state index contributed by atoms with van der Waals surface area (Å²) in [5, 5.41) is 22.0. The zero-order valence-corrected chi connectivity index (χ0v) is 27.8. The van der Waals surface area contributed by atoms with Gasteiger partial charge in [0.15, 0.2) is 51.4 Å². The Labute approximate surface area is 300 Å². The predicted molar refractivity (Wildman–Crippen MR) is 167 cm³/mol. The van der Waals surface area contributed by atoms with Crippen LogP contribution in [-0.2, 0) is 28.6 Å². The number of ether oxygens (including phenoxy) is 1. The molecule has 0 amide bonds. The van der Waals surface area contributed by atoms with Gasteiger partial charge in [-0.3, -0.25) is 9.59 Å². The first-order chi connectivity index (χ1) is 25.5. The van der Waals surface area contributed by atoms with Gasteiger partial charge in [-0.2, -0.15) is 8.42 Å². The first-order valence-electron chi connectivity index (χ1n) is 14.1. The third-order valence-electron chi connectivity index (χ3n) is 6.09. The molecule has 21 nitrogen and oxygen atoms in total. The van der Waals surface area contributed by atoms with E-state index in [0.717, 1.165) is 0 Å². The van der Waals surface area contributed by atoms with Crippen LogP contribution < -0.4 is 22.9 Å². The van der Waals surface area contributed by atoms with E-state index in [1.165, 1.54) is 0 Å². The summed E-state index contributed by atoms with van der Waals surface area (Å²) in [6.45, 7) is -0.421. The van der Waals surface area contributed by atoms with Gasteiger partial charge in [0.2, 0.25) is 0 Å². The molecule has 10 N–H and O–H groups in total. The van der Waals surface area contributed by atoms with E-state index in [1.807, 2.05) is 9.82 Å². The number of aliphatic imine (C=N–C) groups is 2. The number of carbonyl (C=O) groups excluding carboxylic acids is 1. The summed E-state index contributed by atoms with van der Waals surface area (Å²) in [5.74, 6) is -22.2. The van der Waals surface area contributed by atoms with Crippen molar-refractivity contribution in [1.29, 1.82) is 0 Å². The molecule has 30 heteroatoms. The molecule has 2 atom stereocenters. The van der Waals surface area contributed by atoms with Gasteiger partial charge < -0.3 is 42.1 Å². The van der Waals surface area contributed by atoms with Crippen molar-refractivity contribution in [2.24, 2.45) is 43.1 Å². The zero-order chi connectivity index (χ0) is 42.4. The fourth-order valence-electron chi connectivity index (χ4n) is 3.49. The highest BCUT2D eigenvalue weighted by Crippen LogP contribution is 2.34. The lowest BCUT2D eigenvalue weighted by molar-refractivity contribution is -0.139. The van der Waals surface area contributed by atoms with Gasteiger partial charge in [-0.05, 0) is 36.7 Å². The second-order valence-corrected chi connectivity index (χ2v) is 11.3. The lowest BCUT2D eigenvalue weighted by Gasteiger charge is -2.10. The summed E-state index contributed by atoms with van der Waals surface area (Å²) in [7, 11) is -5.50. The molecule has 0 aliphatic carbocycles. The van der Waals surface area contributed by atoms with Crippen molar-refractivity contribution in [3.63, 3.8) is 0 Å². The average Bonchev–Trinajstić information content (AvgIpc) is 3.10. The molecule has 300 valence electrons. The summed E-state index contributed by atoms with van der Waals surface area (Å²) in [4.78, 5) is 41.4. The SMILES string of the molecule is [N-]=[N+]=Nc1c(F)c(F)c(C(=O)OC(N)=NCCCC(N)C(=O)O)c(F)c1F.[N-]=[N+]=Nc1c(F)c(F)c(S(=O)(=O)OC(N)=NCCCC(N)C(=O)O)c(F)c1F. The van der Waals surface area contributed by atoms with Gasteiger partial charge in [-0.25, -0.2) is 49.9 Å². The van der Waals surface area contributed by atoms with E-state index in [0.29, 0.717) is 0 Å². The molecule has 0 heterocycles. The summed E-state index contributed by atoms with van der Waals surface area (Å²) < 4.78 is 142. The van der Waals surface area contributed by atoms with Crippen molar-refractivity contribution in [1.82, 2.24) is 0 Å². The van der Waals surface area contributed by atoms with Gasteiger partial charge in [0, 0.05) is 22.9 Å². The molecule has 2 rings (SSSR count). The lowest BCUT2D eigenvalue weighted by Crippen LogP contribution is -2.30. The summed E-state index contributed by atoms with van der Waals surface area (Å²) in [6.07, 6.45) is 0.114. The highest BCUT2D eigenvalue weighted by atomic mass is 32.2. The van der Waals surface area contributed by atoms with Crippen molar-refractivity contribution in [2.45, 2.75) is 42.7 Å². The molecule has 0 aromatic heterocycles. The van der Waals surface area contributed by atoms with E-state index in [1.54, 1.807) is 0 Å². The molecule has 0 spiro atoms. The van der Waals surface area contributed by atoms with Crippen molar-refractivity contribution < 1.29 is 77.1 Å². The van der Waals surface area contributed by atoms with Gasteiger partial charge in [-0.1, -0.05) is 10.2 Å². The van der Waals surface area contributed by atoms with Gasteiger partial charge >= 0.3 is 28.0 Å². The van der Waals surface area contributed by atoms with E-state index < -0.39 is 121 Å². The van der Waals surface area contributed by atoms with Gasteiger partial charge in [0.05, 0.1) is 0 Å². The van der Waals surface area contributed by atoms with Crippen LogP contribution in [0.15, 0.2) is 25.1 Å². The Bertz CT molecular complexity index is 2040. The smallest absolute Gasteiger partial charge is 0.352 e. The van der Waals surface area contributed by atoms with Crippen LogP contribution in [0.5, 0.6) is 0 Å². The molecule has 2 aromatic carbocycles. The van der Waals surface area contributed by atoms with E-state index in [2.05, 4.69) is 29.1 Å². The third kappa shape index (κ3) is 12.6. The molecule has 0 fully saturated rings. The minimum Gasteiger partial charge on any atom is -0.480 e. The summed E-state index contributed by atoms with van der Waals surface area (Å²) in [6, 6.07) is -4.37. The number of carboxylic acids is 2. The second kappa shape index (κ2) is 20.7. The van der Waals surface area contributed by atoms with Crippen LogP contribution in [-0.4, -0.2) is 73.8 Å². The Morgan fingerprint density at radius 3 is 1.40 bits per heavy atom. The van der Waals surface area contributed by atoms with Crippen LogP contribution in [0.1, 0.15) is 36.0 Å². The van der Waals surface area contributed by atoms with E-state index >= 15 is 0 Å². The monoisotopic (exact) mass is 820 g/mol. The fourth-order valence-corrected chi connectivity index (χ4v) is 4.47. The Kier molecular flexibility index (Phi) is 17.5. The van der Waals surface area contributed by atoms with Crippen molar-refractivity contribution >= 4 is 51.4 Å². The first-order valence-corrected chi connectivity index (χ1v) is 15.5. The number of carboxylic acid groups (broad SMARTS) is 2. The molecule has 0 radical (unpaired) electrons. The molecular weight excluding hydrogens is 796 g/mol. The number of amidine groups is 2. The highest BCUT2D eigenvalue weighted by Gasteiger charge is 2.35. The Hall–Kier alpha value is -6.48. The number of aliphatic carboxylic acids is 2. The van der Waals surface area contributed by atoms with Crippen LogP contribution in [0.2, 0.25) is 0 Å². The number of rotatable bonds is 15. The maximum atomic E-state index is 13.9. The molecule has 2 unspecified atom stereocenters. The molecule has 0 aliphatic heterocycles. The predicted octanol–water partition coefficient (Wildman–Crippen LogP) is 3.25. The highest BCUT2D eigenvalue weighted by molar-refractivity contribution is 7.87. The van der Waals surface area contributed by atoms with Crippen LogP contribution in [0.4, 0.5) is 46.5 Å². The largest absolute Gasteiger partial charge is 0.480 e. The molecular formula is C25H24F8N12O9S. The van der Waals surface area contributed by atoms with E-state index in [-0.39, 0.29) is 38.8 Å². The molecule has 0 bridgehead atoms. The minimum absolute atomic E-state index is 0.0145. The normalized spacial score (nSPS) is 12.6. The average molecular weight is 821 g/mol. The topological polar surface area (TPSA) is 371 Å². The number of carbonyl (C=O) groups is 3. The van der Waals surface area contributed by atoms with E-state index in [4.69, 9.17) is 44.2 Å². The number of halogens is 8. The lowest BCUT2D eigenvalue weighted by atomic mass is 10.1. The van der Waals surface area contributed by atoms with Gasteiger partial charge in [0.25, 0.3) is 12.0 Å². The molecule has 0 saturated heterocycles. The number of nitrogens with zero attached hydrogens (tertiary/aromatic N) is 8. The maximum absolute atomic E-state index is 13.9. The Balaban J connectivity index is 0.000000550. The van der Waals surface area contributed by atoms with Crippen molar-refractivity contribution in [3.05, 3.63) is 73.0 Å². The summed E-state index contributed by atoms with van der Waals surface area (Å²) in [5.41, 5.74) is 32.0. The number of benzene rings is 2. The molecule has 55 heavy (non-hydrogen) atoms. The molecule has 0 saturated carbocycles. The van der Waals surface area contributed by atoms with Gasteiger partial charge in [0.1, 0.15) is 29.0 Å². The summed E-state index contributed by atoms with van der Waals surface area (Å²) >= 11 is 0. The van der Waals surface area contributed by atoms with Crippen molar-refractivity contribution in [2.75, 3.05) is 13.1 Å². The second-order valence-electron chi connectivity index (χ2n) is 9.83. The van der Waals surface area contributed by atoms with Crippen LogP contribution >= 0.6 is 0 Å². The van der Waals surface area contributed by atoms with Crippen LogP contribution in [0.25, 0.3) is 20.9 Å². The molecule has 0 aliphatic rings. The standard InChI is InChI=1S/C13H12F4N6O4.C12H12F4N6O5S/c14-6-5(7(15)9(17)10(8(6)16)22-23-20)12(26)27-13(19)21-3-1-2-4(18)11(24)25;13-5-7(15)10(8(16)6(14)9(5)21-22-19)28(25,26)27-12(18)20-3-1-2-4(17)11(23)24/h4H,1-3,18H2,(H2,19,21)(H,24,25);4H,1-3,17H2,(H2,18,20)(H,23,24). The number of nitrogens with two attached hydrogens (primary N) is 4. The quantitative estimate of drug-likeness (QED) is 0.0144. The van der Waals surface area contributed by atoms with Crippen LogP contribution in [0, 0.1) is 46.5 Å². The fraction of sp³-hybridized carbons (Fsp3) is 0.320. The van der Waals surface area contributed by atoms with E-state index in [9.17, 15) is 57.9 Å². The Morgan fingerprint density at radius 2 is 1.04 bits per heavy atom. The first kappa shape index (κ1) is 46.5. The minimum atomic E-state index is -5.50.